The van der Waals surface area contributed by atoms with E-state index in [1.807, 2.05) is 0 Å². The lowest BCUT2D eigenvalue weighted by molar-refractivity contribution is -0.117. The van der Waals surface area contributed by atoms with Crippen LogP contribution in [0.3, 0.4) is 0 Å². The summed E-state index contributed by atoms with van der Waals surface area (Å²) in [5, 5.41) is 0.133. The number of primary amides is 1. The fraction of sp³-hybridized carbons (Fsp3) is 0.222. The van der Waals surface area contributed by atoms with Crippen LogP contribution >= 0.6 is 11.6 Å². The molecular formula is C9H11ClN2O3S. The zero-order valence-electron chi connectivity index (χ0n) is 8.31. The Balaban J connectivity index is 2.79. The normalized spacial score (nSPS) is 11.3. The molecular weight excluding hydrogens is 252 g/mol. The monoisotopic (exact) mass is 262 g/mol. The molecule has 0 bridgehead atoms. The van der Waals surface area contributed by atoms with E-state index >= 15 is 0 Å². The number of sulfonamides is 1. The summed E-state index contributed by atoms with van der Waals surface area (Å²) in [6.07, 6.45) is -0.0519. The molecule has 0 aliphatic heterocycles. The summed E-state index contributed by atoms with van der Waals surface area (Å²) in [7, 11) is -3.68. The van der Waals surface area contributed by atoms with Gasteiger partial charge in [-0.3, -0.25) is 4.79 Å². The Morgan fingerprint density at radius 1 is 1.38 bits per heavy atom. The highest BCUT2D eigenvalue weighted by molar-refractivity contribution is 7.89. The number of nitrogens with one attached hydrogen (secondary N) is 1. The zero-order chi connectivity index (χ0) is 12.2. The predicted molar refractivity (Wildman–Crippen MR) is 60.5 cm³/mol. The number of rotatable bonds is 5. The summed E-state index contributed by atoms with van der Waals surface area (Å²) in [6.45, 7) is -0.0388. The number of hydrogen-bond acceptors (Lipinski definition) is 3. The van der Waals surface area contributed by atoms with Crippen molar-refractivity contribution in [3.63, 3.8) is 0 Å². The number of amides is 1. The largest absolute Gasteiger partial charge is 0.370 e. The lowest BCUT2D eigenvalue weighted by Crippen LogP contribution is -2.28. The van der Waals surface area contributed by atoms with E-state index in [2.05, 4.69) is 4.72 Å². The molecule has 1 aromatic rings. The van der Waals surface area contributed by atoms with E-state index in [9.17, 15) is 13.2 Å². The van der Waals surface area contributed by atoms with E-state index in [0.717, 1.165) is 0 Å². The number of halogens is 1. The fourth-order valence-corrected chi connectivity index (χ4v) is 2.60. The highest BCUT2D eigenvalue weighted by atomic mass is 35.5. The molecule has 0 fully saturated rings. The van der Waals surface area contributed by atoms with Crippen LogP contribution in [0.2, 0.25) is 5.02 Å². The summed E-state index contributed by atoms with van der Waals surface area (Å²) in [6, 6.07) is 6.05. The van der Waals surface area contributed by atoms with Crippen LogP contribution < -0.4 is 10.5 Å². The van der Waals surface area contributed by atoms with Crippen LogP contribution in [0.5, 0.6) is 0 Å². The van der Waals surface area contributed by atoms with Crippen molar-refractivity contribution < 1.29 is 13.2 Å². The van der Waals surface area contributed by atoms with Gasteiger partial charge in [0.1, 0.15) is 4.90 Å². The Morgan fingerprint density at radius 3 is 2.56 bits per heavy atom. The van der Waals surface area contributed by atoms with Crippen molar-refractivity contribution in [2.24, 2.45) is 5.73 Å². The first-order valence-corrected chi connectivity index (χ1v) is 6.32. The van der Waals surface area contributed by atoms with Gasteiger partial charge in [0, 0.05) is 13.0 Å². The van der Waals surface area contributed by atoms with Gasteiger partial charge in [0.2, 0.25) is 15.9 Å². The number of carbonyl (C=O) groups excluding carboxylic acids is 1. The van der Waals surface area contributed by atoms with E-state index < -0.39 is 15.9 Å². The van der Waals surface area contributed by atoms with E-state index in [-0.39, 0.29) is 22.9 Å². The van der Waals surface area contributed by atoms with Gasteiger partial charge >= 0.3 is 0 Å². The van der Waals surface area contributed by atoms with Crippen LogP contribution in [0.15, 0.2) is 29.2 Å². The minimum Gasteiger partial charge on any atom is -0.370 e. The highest BCUT2D eigenvalue weighted by Gasteiger charge is 2.16. The third kappa shape index (κ3) is 3.48. The summed E-state index contributed by atoms with van der Waals surface area (Å²) < 4.78 is 25.6. The zero-order valence-corrected chi connectivity index (χ0v) is 9.88. The van der Waals surface area contributed by atoms with E-state index in [1.165, 1.54) is 12.1 Å². The molecule has 16 heavy (non-hydrogen) atoms. The van der Waals surface area contributed by atoms with Crippen molar-refractivity contribution >= 4 is 27.5 Å². The summed E-state index contributed by atoms with van der Waals surface area (Å²) in [4.78, 5) is 10.4. The molecule has 0 aromatic heterocycles. The van der Waals surface area contributed by atoms with Crippen LogP contribution in [-0.2, 0) is 14.8 Å². The van der Waals surface area contributed by atoms with Gasteiger partial charge in [0.25, 0.3) is 0 Å². The predicted octanol–water partition coefficient (Wildman–Crippen LogP) is 0.494. The number of hydrogen-bond donors (Lipinski definition) is 2. The second kappa shape index (κ2) is 5.29. The first-order chi connectivity index (χ1) is 7.43. The van der Waals surface area contributed by atoms with Gasteiger partial charge in [0.15, 0.2) is 0 Å². The Morgan fingerprint density at radius 2 is 2.00 bits per heavy atom. The molecule has 1 aromatic carbocycles. The van der Waals surface area contributed by atoms with Crippen molar-refractivity contribution in [3.8, 4) is 0 Å². The third-order valence-corrected chi connectivity index (χ3v) is 3.75. The van der Waals surface area contributed by atoms with Crippen LogP contribution in [0.1, 0.15) is 6.42 Å². The lowest BCUT2D eigenvalue weighted by Gasteiger charge is -2.06. The molecule has 1 amide bonds. The Labute approximate surface area is 98.6 Å². The maximum Gasteiger partial charge on any atom is 0.242 e. The SMILES string of the molecule is NC(=O)CCNS(=O)(=O)c1ccccc1Cl. The molecule has 0 spiro atoms. The van der Waals surface area contributed by atoms with E-state index in [0.29, 0.717) is 0 Å². The third-order valence-electron chi connectivity index (χ3n) is 1.79. The quantitative estimate of drug-likeness (QED) is 0.809. The summed E-state index contributed by atoms with van der Waals surface area (Å²) in [5.41, 5.74) is 4.89. The van der Waals surface area contributed by atoms with E-state index in [1.54, 1.807) is 12.1 Å². The second-order valence-corrected chi connectivity index (χ2v) is 5.19. The standard InChI is InChI=1S/C9H11ClN2O3S/c10-7-3-1-2-4-8(7)16(14,15)12-6-5-9(11)13/h1-4,12H,5-6H2,(H2,11,13). The maximum atomic E-state index is 11.7. The lowest BCUT2D eigenvalue weighted by atomic mass is 10.4. The molecule has 88 valence electrons. The molecule has 0 saturated carbocycles. The van der Waals surface area contributed by atoms with Gasteiger partial charge in [-0.25, -0.2) is 13.1 Å². The first kappa shape index (κ1) is 13.0. The summed E-state index contributed by atoms with van der Waals surface area (Å²) in [5.74, 6) is -0.568. The topological polar surface area (TPSA) is 89.3 Å². The molecule has 3 N–H and O–H groups in total. The van der Waals surface area contributed by atoms with Gasteiger partial charge in [-0.1, -0.05) is 23.7 Å². The van der Waals surface area contributed by atoms with Crippen LogP contribution in [-0.4, -0.2) is 20.9 Å². The minimum atomic E-state index is -3.68. The van der Waals surface area contributed by atoms with Crippen molar-refractivity contribution in [1.29, 1.82) is 0 Å². The molecule has 0 radical (unpaired) electrons. The van der Waals surface area contributed by atoms with Crippen LogP contribution in [0.25, 0.3) is 0 Å². The highest BCUT2D eigenvalue weighted by Crippen LogP contribution is 2.19. The second-order valence-electron chi connectivity index (χ2n) is 3.04. The minimum absolute atomic E-state index is 0.0128. The van der Waals surface area contributed by atoms with Gasteiger partial charge in [0.05, 0.1) is 5.02 Å². The van der Waals surface area contributed by atoms with Crippen LogP contribution in [0.4, 0.5) is 0 Å². The molecule has 5 nitrogen and oxygen atoms in total. The molecule has 0 aliphatic carbocycles. The molecule has 0 aliphatic rings. The molecule has 7 heteroatoms. The first-order valence-electron chi connectivity index (χ1n) is 4.46. The van der Waals surface area contributed by atoms with Crippen LogP contribution in [0, 0.1) is 0 Å². The van der Waals surface area contributed by atoms with Crippen molar-refractivity contribution in [3.05, 3.63) is 29.3 Å². The smallest absolute Gasteiger partial charge is 0.242 e. The van der Waals surface area contributed by atoms with Gasteiger partial charge in [-0.2, -0.15) is 0 Å². The average Bonchev–Trinajstić information content (AvgIpc) is 2.17. The van der Waals surface area contributed by atoms with Crippen molar-refractivity contribution in [2.45, 2.75) is 11.3 Å². The number of benzene rings is 1. The van der Waals surface area contributed by atoms with Gasteiger partial charge < -0.3 is 5.73 Å². The van der Waals surface area contributed by atoms with E-state index in [4.69, 9.17) is 17.3 Å². The molecule has 0 unspecified atom stereocenters. The summed E-state index contributed by atoms with van der Waals surface area (Å²) >= 11 is 5.74. The number of nitrogens with two attached hydrogens (primary N) is 1. The van der Waals surface area contributed by atoms with Gasteiger partial charge in [-0.15, -0.1) is 0 Å². The Hall–Kier alpha value is -1.11. The Bertz CT molecular complexity index is 487. The maximum absolute atomic E-state index is 11.7. The van der Waals surface area contributed by atoms with Gasteiger partial charge in [-0.05, 0) is 12.1 Å². The van der Waals surface area contributed by atoms with Crippen molar-refractivity contribution in [1.82, 2.24) is 4.72 Å². The molecule has 0 atom stereocenters. The average molecular weight is 263 g/mol. The molecule has 1 rings (SSSR count). The molecule has 0 heterocycles. The van der Waals surface area contributed by atoms with Crippen molar-refractivity contribution in [2.75, 3.05) is 6.54 Å². The molecule has 0 saturated heterocycles. The fourth-order valence-electron chi connectivity index (χ4n) is 1.05. The Kier molecular flexibility index (Phi) is 4.28. The number of carbonyl (C=O) groups is 1.